The number of carbonyl (C=O) groups excluding carboxylic acids is 2. The molecule has 1 aliphatic rings. The van der Waals surface area contributed by atoms with Gasteiger partial charge in [-0.3, -0.25) is 4.79 Å². The maximum Gasteiger partial charge on any atom is 0.332 e. The average molecular weight is 406 g/mol. The zero-order chi connectivity index (χ0) is 15.7. The number of anilines is 1. The summed E-state index contributed by atoms with van der Waals surface area (Å²) in [6, 6.07) is 16.4. The molecule has 0 N–H and O–H groups in total. The maximum absolute atomic E-state index is 12.7. The summed E-state index contributed by atoms with van der Waals surface area (Å²) >= 11 is 2.17. The second kappa shape index (κ2) is 6.08. The van der Waals surface area contributed by atoms with Crippen molar-refractivity contribution in [2.24, 2.45) is 0 Å². The summed E-state index contributed by atoms with van der Waals surface area (Å²) in [6.45, 7) is 2.21. The Morgan fingerprint density at radius 3 is 2.45 bits per heavy atom. The van der Waals surface area contributed by atoms with Crippen molar-refractivity contribution in [2.75, 3.05) is 4.90 Å². The Kier molecular flexibility index (Phi) is 4.15. The Balaban J connectivity index is 1.89. The van der Waals surface area contributed by atoms with E-state index in [1.807, 2.05) is 48.5 Å². The molecule has 3 amide bonds. The average Bonchev–Trinajstić information content (AvgIpc) is 2.72. The molecule has 0 spiro atoms. The van der Waals surface area contributed by atoms with Crippen LogP contribution >= 0.6 is 22.6 Å². The van der Waals surface area contributed by atoms with Crippen molar-refractivity contribution in [1.29, 1.82) is 0 Å². The predicted molar refractivity (Wildman–Crippen MR) is 93.5 cm³/mol. The van der Waals surface area contributed by atoms with E-state index in [0.29, 0.717) is 12.2 Å². The number of imide groups is 1. The smallest absolute Gasteiger partial charge is 0.308 e. The molecule has 4 nitrogen and oxygen atoms in total. The second-order valence-electron chi connectivity index (χ2n) is 5.23. The number of halogens is 1. The lowest BCUT2D eigenvalue weighted by molar-refractivity contribution is -0.119. The minimum atomic E-state index is -0.453. The SMILES string of the molecule is C[C@H]1C(=O)N(c2cccc(I)c2)C(=O)N1Cc1ccccc1. The van der Waals surface area contributed by atoms with Crippen LogP contribution in [0.15, 0.2) is 54.6 Å². The molecule has 1 aliphatic heterocycles. The summed E-state index contributed by atoms with van der Waals surface area (Å²) in [5.41, 5.74) is 1.64. The van der Waals surface area contributed by atoms with Gasteiger partial charge >= 0.3 is 6.03 Å². The van der Waals surface area contributed by atoms with Crippen LogP contribution in [-0.4, -0.2) is 22.9 Å². The third kappa shape index (κ3) is 2.72. The lowest BCUT2D eigenvalue weighted by Gasteiger charge is -2.19. The number of rotatable bonds is 3. The van der Waals surface area contributed by atoms with Crippen LogP contribution in [0.3, 0.4) is 0 Å². The Morgan fingerprint density at radius 1 is 1.05 bits per heavy atom. The van der Waals surface area contributed by atoms with Crippen LogP contribution in [0.25, 0.3) is 0 Å². The van der Waals surface area contributed by atoms with Gasteiger partial charge in [-0.2, -0.15) is 0 Å². The third-order valence-electron chi connectivity index (χ3n) is 3.74. The van der Waals surface area contributed by atoms with Crippen LogP contribution in [0, 0.1) is 3.57 Å². The Labute approximate surface area is 142 Å². The minimum absolute atomic E-state index is 0.178. The third-order valence-corrected chi connectivity index (χ3v) is 4.42. The van der Waals surface area contributed by atoms with Gasteiger partial charge in [0.15, 0.2) is 0 Å². The standard InChI is InChI=1S/C17H15IN2O2/c1-12-16(21)20(15-9-5-8-14(18)10-15)17(22)19(12)11-13-6-3-2-4-7-13/h2-10,12H,11H2,1H3/t12-/m0/s1. The quantitative estimate of drug-likeness (QED) is 0.577. The van der Waals surface area contributed by atoms with Gasteiger partial charge in [-0.15, -0.1) is 0 Å². The molecule has 22 heavy (non-hydrogen) atoms. The van der Waals surface area contributed by atoms with Crippen molar-refractivity contribution in [3.05, 3.63) is 63.7 Å². The number of amides is 3. The van der Waals surface area contributed by atoms with Crippen molar-refractivity contribution >= 4 is 40.2 Å². The number of hydrogen-bond donors (Lipinski definition) is 0. The summed E-state index contributed by atoms with van der Waals surface area (Å²) in [7, 11) is 0. The monoisotopic (exact) mass is 406 g/mol. The Hall–Kier alpha value is -1.89. The molecule has 1 heterocycles. The van der Waals surface area contributed by atoms with Gasteiger partial charge in [0.05, 0.1) is 5.69 Å². The van der Waals surface area contributed by atoms with Crippen molar-refractivity contribution < 1.29 is 9.59 Å². The molecule has 0 aromatic heterocycles. The second-order valence-corrected chi connectivity index (χ2v) is 6.47. The summed E-state index contributed by atoms with van der Waals surface area (Å²) in [5, 5.41) is 0. The number of nitrogens with zero attached hydrogens (tertiary/aromatic N) is 2. The molecular weight excluding hydrogens is 391 g/mol. The topological polar surface area (TPSA) is 40.6 Å². The first kappa shape index (κ1) is 15.0. The van der Waals surface area contributed by atoms with E-state index in [1.165, 1.54) is 4.90 Å². The predicted octanol–water partition coefficient (Wildman–Crippen LogP) is 3.65. The highest BCUT2D eigenvalue weighted by molar-refractivity contribution is 14.1. The van der Waals surface area contributed by atoms with E-state index in [0.717, 1.165) is 9.13 Å². The van der Waals surface area contributed by atoms with Crippen LogP contribution in [0.2, 0.25) is 0 Å². The number of carbonyl (C=O) groups is 2. The molecule has 0 unspecified atom stereocenters. The highest BCUT2D eigenvalue weighted by atomic mass is 127. The van der Waals surface area contributed by atoms with Gasteiger partial charge in [0.25, 0.3) is 5.91 Å². The lowest BCUT2D eigenvalue weighted by atomic mass is 10.2. The van der Waals surface area contributed by atoms with Crippen molar-refractivity contribution in [2.45, 2.75) is 19.5 Å². The van der Waals surface area contributed by atoms with Crippen molar-refractivity contribution in [3.63, 3.8) is 0 Å². The molecule has 0 radical (unpaired) electrons. The normalized spacial score (nSPS) is 18.2. The van der Waals surface area contributed by atoms with Crippen LogP contribution in [0.4, 0.5) is 10.5 Å². The van der Waals surface area contributed by atoms with Gasteiger partial charge in [-0.1, -0.05) is 36.4 Å². The first-order valence-corrected chi connectivity index (χ1v) is 8.10. The molecule has 0 aliphatic carbocycles. The molecule has 2 aromatic rings. The van der Waals surface area contributed by atoms with Gasteiger partial charge in [0.1, 0.15) is 6.04 Å². The van der Waals surface area contributed by atoms with Crippen LogP contribution in [-0.2, 0) is 11.3 Å². The minimum Gasteiger partial charge on any atom is -0.308 e. The lowest BCUT2D eigenvalue weighted by Crippen LogP contribution is -2.33. The molecule has 0 bridgehead atoms. The van der Waals surface area contributed by atoms with Gasteiger partial charge in [0.2, 0.25) is 0 Å². The molecule has 2 aromatic carbocycles. The molecule has 1 saturated heterocycles. The van der Waals surface area contributed by atoms with E-state index in [1.54, 1.807) is 17.9 Å². The van der Waals surface area contributed by atoms with E-state index < -0.39 is 6.04 Å². The zero-order valence-corrected chi connectivity index (χ0v) is 14.2. The van der Waals surface area contributed by atoms with E-state index in [9.17, 15) is 9.59 Å². The first-order chi connectivity index (χ1) is 10.6. The van der Waals surface area contributed by atoms with E-state index in [-0.39, 0.29) is 11.9 Å². The molecule has 3 rings (SSSR count). The maximum atomic E-state index is 12.7. The number of urea groups is 1. The van der Waals surface area contributed by atoms with Gasteiger partial charge < -0.3 is 4.90 Å². The first-order valence-electron chi connectivity index (χ1n) is 7.02. The fourth-order valence-electron chi connectivity index (χ4n) is 2.55. The Morgan fingerprint density at radius 2 is 1.77 bits per heavy atom. The molecule has 1 atom stereocenters. The summed E-state index contributed by atoms with van der Waals surface area (Å²) in [6.07, 6.45) is 0. The van der Waals surface area contributed by atoms with Crippen molar-refractivity contribution in [3.8, 4) is 0 Å². The summed E-state index contributed by atoms with van der Waals surface area (Å²) in [4.78, 5) is 28.0. The highest BCUT2D eigenvalue weighted by Gasteiger charge is 2.43. The van der Waals surface area contributed by atoms with Crippen LogP contribution in [0.1, 0.15) is 12.5 Å². The number of benzene rings is 2. The number of hydrogen-bond acceptors (Lipinski definition) is 2. The van der Waals surface area contributed by atoms with Crippen LogP contribution in [0.5, 0.6) is 0 Å². The molecule has 0 saturated carbocycles. The fraction of sp³-hybridized carbons (Fsp3) is 0.176. The molecule has 112 valence electrons. The van der Waals surface area contributed by atoms with Gasteiger partial charge in [-0.25, -0.2) is 9.69 Å². The molecule has 5 heteroatoms. The largest absolute Gasteiger partial charge is 0.332 e. The van der Waals surface area contributed by atoms with Gasteiger partial charge in [0, 0.05) is 10.1 Å². The fourth-order valence-corrected chi connectivity index (χ4v) is 3.07. The zero-order valence-electron chi connectivity index (χ0n) is 12.1. The summed E-state index contributed by atoms with van der Waals surface area (Å²) < 4.78 is 0.991. The van der Waals surface area contributed by atoms with Gasteiger partial charge in [-0.05, 0) is 53.3 Å². The van der Waals surface area contributed by atoms with Crippen LogP contribution < -0.4 is 4.90 Å². The van der Waals surface area contributed by atoms with E-state index in [4.69, 9.17) is 0 Å². The van der Waals surface area contributed by atoms with E-state index in [2.05, 4.69) is 22.6 Å². The van der Waals surface area contributed by atoms with E-state index >= 15 is 0 Å². The Bertz CT molecular complexity index is 718. The summed E-state index contributed by atoms with van der Waals surface area (Å²) in [5.74, 6) is -0.178. The van der Waals surface area contributed by atoms with Crippen molar-refractivity contribution in [1.82, 2.24) is 4.90 Å². The highest BCUT2D eigenvalue weighted by Crippen LogP contribution is 2.27. The molecular formula is C17H15IN2O2. The molecule has 1 fully saturated rings.